The molecule has 0 nitrogen and oxygen atoms in total. The van der Waals surface area contributed by atoms with Crippen LogP contribution in [0.15, 0.2) is 30.3 Å². The number of hydrogen-bond acceptors (Lipinski definition) is 0. The van der Waals surface area contributed by atoms with E-state index in [0.29, 0.717) is 0 Å². The number of hydrogen-bond donors (Lipinski definition) is 0. The largest absolute Gasteiger partial charge is 0.207 e. The van der Waals surface area contributed by atoms with Crippen molar-refractivity contribution in [3.8, 4) is 0 Å². The van der Waals surface area contributed by atoms with Crippen LogP contribution in [0.5, 0.6) is 0 Å². The molecule has 1 fully saturated rings. The molecular formula is C19H27F. The minimum absolute atomic E-state index is 0.161. The fourth-order valence-electron chi connectivity index (χ4n) is 3.34. The third-order valence-electron chi connectivity index (χ3n) is 4.59. The van der Waals surface area contributed by atoms with Crippen LogP contribution in [0.1, 0.15) is 63.9 Å². The van der Waals surface area contributed by atoms with Gasteiger partial charge in [0.1, 0.15) is 5.82 Å². The van der Waals surface area contributed by atoms with E-state index in [1.807, 2.05) is 12.1 Å². The lowest BCUT2D eigenvalue weighted by atomic mass is 9.78. The Morgan fingerprint density at radius 2 is 1.60 bits per heavy atom. The van der Waals surface area contributed by atoms with Crippen LogP contribution in [0.25, 0.3) is 6.08 Å². The zero-order chi connectivity index (χ0) is 14.2. The van der Waals surface area contributed by atoms with Gasteiger partial charge >= 0.3 is 0 Å². The smallest absolute Gasteiger partial charge is 0.123 e. The van der Waals surface area contributed by atoms with Crippen molar-refractivity contribution in [2.75, 3.05) is 0 Å². The van der Waals surface area contributed by atoms with Gasteiger partial charge in [0.05, 0.1) is 0 Å². The van der Waals surface area contributed by atoms with Crippen molar-refractivity contribution >= 4 is 6.08 Å². The fourth-order valence-corrected chi connectivity index (χ4v) is 3.34. The van der Waals surface area contributed by atoms with Crippen molar-refractivity contribution in [3.05, 3.63) is 41.7 Å². The van der Waals surface area contributed by atoms with E-state index in [1.165, 1.54) is 57.1 Å². The Bertz CT molecular complexity index is 396. The number of benzene rings is 1. The lowest BCUT2D eigenvalue weighted by molar-refractivity contribution is 0.253. The van der Waals surface area contributed by atoms with Crippen LogP contribution in [0, 0.1) is 17.7 Å². The van der Waals surface area contributed by atoms with E-state index < -0.39 is 0 Å². The normalized spacial score (nSPS) is 23.3. The highest BCUT2D eigenvalue weighted by atomic mass is 19.1. The Morgan fingerprint density at radius 3 is 2.20 bits per heavy atom. The molecule has 1 heteroatoms. The summed E-state index contributed by atoms with van der Waals surface area (Å²) in [6, 6.07) is 6.72. The summed E-state index contributed by atoms with van der Waals surface area (Å²) in [5.41, 5.74) is 1.10. The van der Waals surface area contributed by atoms with Gasteiger partial charge in [-0.3, -0.25) is 0 Å². The third-order valence-corrected chi connectivity index (χ3v) is 4.59. The summed E-state index contributed by atoms with van der Waals surface area (Å²) in [7, 11) is 0. The van der Waals surface area contributed by atoms with E-state index in [0.717, 1.165) is 23.8 Å². The van der Waals surface area contributed by atoms with E-state index in [-0.39, 0.29) is 5.82 Å². The lowest BCUT2D eigenvalue weighted by Crippen LogP contribution is -2.14. The number of allylic oxidation sites excluding steroid dienone is 1. The SMILES string of the molecule is CCCC1CCC(CCC=Cc2ccc(F)cc2)CC1. The highest BCUT2D eigenvalue weighted by Gasteiger charge is 2.19. The zero-order valence-electron chi connectivity index (χ0n) is 12.7. The van der Waals surface area contributed by atoms with E-state index in [4.69, 9.17) is 0 Å². The molecule has 0 N–H and O–H groups in total. The number of rotatable bonds is 6. The van der Waals surface area contributed by atoms with Gasteiger partial charge in [-0.2, -0.15) is 0 Å². The van der Waals surface area contributed by atoms with Gasteiger partial charge in [-0.25, -0.2) is 4.39 Å². The Kier molecular flexibility index (Phi) is 6.29. The summed E-state index contributed by atoms with van der Waals surface area (Å²) in [4.78, 5) is 0. The Labute approximate surface area is 123 Å². The molecule has 0 unspecified atom stereocenters. The Balaban J connectivity index is 1.65. The maximum atomic E-state index is 12.8. The zero-order valence-corrected chi connectivity index (χ0v) is 12.7. The Morgan fingerprint density at radius 1 is 1.00 bits per heavy atom. The second-order valence-electron chi connectivity index (χ2n) is 6.21. The fraction of sp³-hybridized carbons (Fsp3) is 0.579. The molecule has 1 saturated carbocycles. The first-order valence-electron chi connectivity index (χ1n) is 8.20. The van der Waals surface area contributed by atoms with Crippen LogP contribution in [0.4, 0.5) is 4.39 Å². The number of halogens is 1. The first kappa shape index (κ1) is 15.3. The molecule has 0 amide bonds. The van der Waals surface area contributed by atoms with Crippen molar-refractivity contribution in [2.45, 2.75) is 58.3 Å². The first-order valence-corrected chi connectivity index (χ1v) is 8.20. The van der Waals surface area contributed by atoms with Gasteiger partial charge in [0, 0.05) is 0 Å². The maximum Gasteiger partial charge on any atom is 0.123 e. The molecule has 0 heterocycles. The molecule has 0 atom stereocenters. The van der Waals surface area contributed by atoms with Gasteiger partial charge in [-0.05, 0) is 42.4 Å². The molecule has 110 valence electrons. The van der Waals surface area contributed by atoms with E-state index in [9.17, 15) is 4.39 Å². The second-order valence-corrected chi connectivity index (χ2v) is 6.21. The minimum atomic E-state index is -0.161. The van der Waals surface area contributed by atoms with Gasteiger partial charge in [0.15, 0.2) is 0 Å². The molecule has 0 radical (unpaired) electrons. The van der Waals surface area contributed by atoms with Gasteiger partial charge in [0.25, 0.3) is 0 Å². The minimum Gasteiger partial charge on any atom is -0.207 e. The van der Waals surface area contributed by atoms with Crippen molar-refractivity contribution in [3.63, 3.8) is 0 Å². The van der Waals surface area contributed by atoms with Crippen LogP contribution in [-0.4, -0.2) is 0 Å². The van der Waals surface area contributed by atoms with E-state index in [2.05, 4.69) is 19.1 Å². The van der Waals surface area contributed by atoms with E-state index in [1.54, 1.807) is 0 Å². The van der Waals surface area contributed by atoms with Crippen molar-refractivity contribution in [1.82, 2.24) is 0 Å². The molecule has 0 aromatic heterocycles. The lowest BCUT2D eigenvalue weighted by Gasteiger charge is -2.28. The Hall–Kier alpha value is -1.11. The molecule has 1 aromatic carbocycles. The van der Waals surface area contributed by atoms with E-state index >= 15 is 0 Å². The summed E-state index contributed by atoms with van der Waals surface area (Å²) >= 11 is 0. The van der Waals surface area contributed by atoms with Crippen molar-refractivity contribution < 1.29 is 4.39 Å². The standard InChI is InChI=1S/C19H27F/c1-2-5-16-8-10-17(11-9-16)6-3-4-7-18-12-14-19(20)15-13-18/h4,7,12-17H,2-3,5-6,8-11H2,1H3. The maximum absolute atomic E-state index is 12.8. The van der Waals surface area contributed by atoms with Gasteiger partial charge in [-0.1, -0.05) is 69.7 Å². The first-order chi connectivity index (χ1) is 9.78. The van der Waals surface area contributed by atoms with Gasteiger partial charge in [-0.15, -0.1) is 0 Å². The van der Waals surface area contributed by atoms with Crippen LogP contribution in [-0.2, 0) is 0 Å². The molecule has 1 aliphatic rings. The molecular weight excluding hydrogens is 247 g/mol. The van der Waals surface area contributed by atoms with Crippen LogP contribution >= 0.6 is 0 Å². The summed E-state index contributed by atoms with van der Waals surface area (Å²) in [6.45, 7) is 2.30. The van der Waals surface area contributed by atoms with Crippen LogP contribution in [0.2, 0.25) is 0 Å². The molecule has 0 bridgehead atoms. The summed E-state index contributed by atoms with van der Waals surface area (Å²) in [6.07, 6.45) is 15.3. The molecule has 0 saturated heterocycles. The summed E-state index contributed by atoms with van der Waals surface area (Å²) < 4.78 is 12.8. The molecule has 0 aliphatic heterocycles. The predicted octanol–water partition coefficient (Wildman–Crippen LogP) is 6.23. The van der Waals surface area contributed by atoms with Gasteiger partial charge in [0.2, 0.25) is 0 Å². The van der Waals surface area contributed by atoms with Crippen LogP contribution < -0.4 is 0 Å². The monoisotopic (exact) mass is 274 g/mol. The highest BCUT2D eigenvalue weighted by Crippen LogP contribution is 2.33. The van der Waals surface area contributed by atoms with Crippen molar-refractivity contribution in [2.24, 2.45) is 11.8 Å². The molecule has 1 aromatic rings. The van der Waals surface area contributed by atoms with Gasteiger partial charge < -0.3 is 0 Å². The summed E-state index contributed by atoms with van der Waals surface area (Å²) in [5.74, 6) is 1.78. The topological polar surface area (TPSA) is 0 Å². The summed E-state index contributed by atoms with van der Waals surface area (Å²) in [5, 5.41) is 0. The average molecular weight is 274 g/mol. The molecule has 0 spiro atoms. The third kappa shape index (κ3) is 5.11. The molecule has 2 rings (SSSR count). The predicted molar refractivity (Wildman–Crippen MR) is 85.0 cm³/mol. The van der Waals surface area contributed by atoms with Crippen molar-refractivity contribution in [1.29, 1.82) is 0 Å². The van der Waals surface area contributed by atoms with Crippen LogP contribution in [0.3, 0.4) is 0 Å². The quantitative estimate of drug-likeness (QED) is 0.577. The highest BCUT2D eigenvalue weighted by molar-refractivity contribution is 5.48. The second kappa shape index (κ2) is 8.24. The molecule has 1 aliphatic carbocycles. The average Bonchev–Trinajstić information content (AvgIpc) is 2.47. The molecule has 20 heavy (non-hydrogen) atoms.